The molecule has 6 heteroatoms. The Bertz CT molecular complexity index is 521. The van der Waals surface area contributed by atoms with Crippen LogP contribution in [-0.4, -0.2) is 23.6 Å². The van der Waals surface area contributed by atoms with Crippen LogP contribution in [0.2, 0.25) is 5.02 Å². The molecule has 102 valence electrons. The van der Waals surface area contributed by atoms with Crippen LogP contribution in [0.5, 0.6) is 0 Å². The van der Waals surface area contributed by atoms with Gasteiger partial charge in [-0.1, -0.05) is 23.8 Å². The zero-order valence-corrected chi connectivity index (χ0v) is 12.8. The molecule has 0 aliphatic carbocycles. The lowest BCUT2D eigenvalue weighted by atomic mass is 9.96. The van der Waals surface area contributed by atoms with Gasteiger partial charge in [-0.15, -0.1) is 0 Å². The molecule has 0 unspecified atom stereocenters. The number of carbonyl (C=O) groups excluding carboxylic acids is 1. The number of carbonyl (C=O) groups is 1. The summed E-state index contributed by atoms with van der Waals surface area (Å²) in [6.45, 7) is 6.28. The van der Waals surface area contributed by atoms with Gasteiger partial charge in [0.2, 0.25) is 5.91 Å². The average molecular weight is 346 g/mol. The van der Waals surface area contributed by atoms with Crippen LogP contribution in [0.15, 0.2) is 28.9 Å². The fourth-order valence-corrected chi connectivity index (χ4v) is 2.53. The van der Waals surface area contributed by atoms with Gasteiger partial charge >= 0.3 is 0 Å². The number of pyridine rings is 1. The maximum Gasteiger partial charge on any atom is 0.231 e. The molecule has 2 heterocycles. The number of nitrogens with one attached hydrogen (secondary N) is 1. The van der Waals surface area contributed by atoms with E-state index < -0.39 is 0 Å². The first-order valence-electron chi connectivity index (χ1n) is 5.88. The highest BCUT2D eigenvalue weighted by Gasteiger charge is 2.34. The molecule has 1 saturated heterocycles. The summed E-state index contributed by atoms with van der Waals surface area (Å²) in [4.78, 5) is 16.3. The maximum atomic E-state index is 12.2. The molecule has 1 N–H and O–H groups in total. The van der Waals surface area contributed by atoms with Gasteiger partial charge in [0.05, 0.1) is 17.0 Å². The number of rotatable bonds is 3. The van der Waals surface area contributed by atoms with Gasteiger partial charge in [-0.3, -0.25) is 4.79 Å². The molecule has 1 aromatic heterocycles. The molecule has 0 spiro atoms. The highest BCUT2D eigenvalue weighted by molar-refractivity contribution is 9.10. The predicted molar refractivity (Wildman–Crippen MR) is 78.2 cm³/mol. The zero-order valence-electron chi connectivity index (χ0n) is 10.5. The van der Waals surface area contributed by atoms with Gasteiger partial charge in [0.25, 0.3) is 0 Å². The number of hydrogen-bond donors (Lipinski definition) is 1. The molecule has 1 fully saturated rings. The lowest BCUT2D eigenvalue weighted by molar-refractivity contribution is -0.120. The van der Waals surface area contributed by atoms with Gasteiger partial charge in [0, 0.05) is 17.3 Å². The Morgan fingerprint density at radius 1 is 1.68 bits per heavy atom. The first kappa shape index (κ1) is 14.5. The van der Waals surface area contributed by atoms with Crippen molar-refractivity contribution in [3.63, 3.8) is 0 Å². The predicted octanol–water partition coefficient (Wildman–Crippen LogP) is 3.42. The summed E-state index contributed by atoms with van der Waals surface area (Å²) in [5, 5.41) is 3.14. The van der Waals surface area contributed by atoms with E-state index in [2.05, 4.69) is 32.8 Å². The standard InChI is InChI=1S/C13H14BrClN2O2/c1-7(2)11-8(4-6-19-11)13(18)17-12-10(15)9(14)3-5-16-12/h3,5,8,11H,1,4,6H2,2H3,(H,16,17,18)/t8-,11-/m0/s1. The third kappa shape index (κ3) is 3.16. The van der Waals surface area contributed by atoms with Crippen molar-refractivity contribution < 1.29 is 9.53 Å². The van der Waals surface area contributed by atoms with Crippen LogP contribution in [0.4, 0.5) is 5.82 Å². The minimum atomic E-state index is -0.241. The number of hydrogen-bond acceptors (Lipinski definition) is 3. The summed E-state index contributed by atoms with van der Waals surface area (Å²) in [6, 6.07) is 1.72. The molecule has 0 saturated carbocycles. The number of anilines is 1. The second-order valence-electron chi connectivity index (χ2n) is 4.48. The first-order chi connectivity index (χ1) is 9.00. The fraction of sp³-hybridized carbons (Fsp3) is 0.385. The molecule has 0 aromatic carbocycles. The Kier molecular flexibility index (Phi) is 4.60. The highest BCUT2D eigenvalue weighted by atomic mass is 79.9. The fourth-order valence-electron chi connectivity index (χ4n) is 2.06. The summed E-state index contributed by atoms with van der Waals surface area (Å²) < 4.78 is 6.21. The Morgan fingerprint density at radius 2 is 2.42 bits per heavy atom. The van der Waals surface area contributed by atoms with Crippen molar-refractivity contribution in [1.82, 2.24) is 4.98 Å². The lowest BCUT2D eigenvalue weighted by Crippen LogP contribution is -2.30. The van der Waals surface area contributed by atoms with E-state index in [0.717, 1.165) is 5.57 Å². The van der Waals surface area contributed by atoms with E-state index in [1.165, 1.54) is 0 Å². The van der Waals surface area contributed by atoms with Crippen molar-refractivity contribution in [1.29, 1.82) is 0 Å². The van der Waals surface area contributed by atoms with Gasteiger partial charge < -0.3 is 10.1 Å². The van der Waals surface area contributed by atoms with Gasteiger partial charge in [-0.05, 0) is 35.3 Å². The van der Waals surface area contributed by atoms with Crippen molar-refractivity contribution >= 4 is 39.3 Å². The van der Waals surface area contributed by atoms with Crippen molar-refractivity contribution in [3.8, 4) is 0 Å². The van der Waals surface area contributed by atoms with Crippen LogP contribution in [0.25, 0.3) is 0 Å². The molecule has 2 rings (SSSR count). The Morgan fingerprint density at radius 3 is 3.11 bits per heavy atom. The summed E-state index contributed by atoms with van der Waals surface area (Å²) in [7, 11) is 0. The molecule has 1 aliphatic heterocycles. The molecule has 4 nitrogen and oxygen atoms in total. The molecule has 0 radical (unpaired) electrons. The van der Waals surface area contributed by atoms with Crippen LogP contribution in [-0.2, 0) is 9.53 Å². The molecule has 1 aliphatic rings. The zero-order chi connectivity index (χ0) is 14.0. The second kappa shape index (κ2) is 6.03. The molecule has 0 bridgehead atoms. The van der Waals surface area contributed by atoms with E-state index in [-0.39, 0.29) is 17.9 Å². The monoisotopic (exact) mass is 344 g/mol. The second-order valence-corrected chi connectivity index (χ2v) is 5.71. The van der Waals surface area contributed by atoms with Crippen LogP contribution < -0.4 is 5.32 Å². The summed E-state index contributed by atoms with van der Waals surface area (Å²) in [5.41, 5.74) is 0.853. The Hall–Kier alpha value is -0.910. The minimum absolute atomic E-state index is 0.141. The van der Waals surface area contributed by atoms with E-state index in [4.69, 9.17) is 16.3 Å². The van der Waals surface area contributed by atoms with E-state index >= 15 is 0 Å². The molecular weight excluding hydrogens is 332 g/mol. The topological polar surface area (TPSA) is 51.2 Å². The van der Waals surface area contributed by atoms with Gasteiger partial charge in [-0.2, -0.15) is 0 Å². The third-order valence-electron chi connectivity index (χ3n) is 3.00. The Balaban J connectivity index is 2.13. The molecule has 1 amide bonds. The average Bonchev–Trinajstić information content (AvgIpc) is 2.84. The van der Waals surface area contributed by atoms with E-state index in [1.54, 1.807) is 12.3 Å². The number of amides is 1. The SMILES string of the molecule is C=C(C)[C@@H]1OCC[C@@H]1C(=O)Nc1nccc(Br)c1Cl. The first-order valence-corrected chi connectivity index (χ1v) is 7.05. The summed E-state index contributed by atoms with van der Waals surface area (Å²) in [6.07, 6.45) is 2.02. The molecule has 19 heavy (non-hydrogen) atoms. The molecular formula is C13H14BrClN2O2. The van der Waals surface area contributed by atoms with Crippen LogP contribution in [0, 0.1) is 5.92 Å². The molecule has 1 aromatic rings. The number of ether oxygens (including phenoxy) is 1. The third-order valence-corrected chi connectivity index (χ3v) is 4.27. The van der Waals surface area contributed by atoms with Crippen LogP contribution in [0.3, 0.4) is 0 Å². The van der Waals surface area contributed by atoms with Crippen molar-refractivity contribution in [3.05, 3.63) is 33.9 Å². The quantitative estimate of drug-likeness (QED) is 0.854. The molecule has 2 atom stereocenters. The number of aromatic nitrogens is 1. The van der Waals surface area contributed by atoms with Crippen molar-refractivity contribution in [2.45, 2.75) is 19.4 Å². The Labute approximate surface area is 125 Å². The van der Waals surface area contributed by atoms with Gasteiger partial charge in [-0.25, -0.2) is 4.98 Å². The van der Waals surface area contributed by atoms with E-state index in [1.807, 2.05) is 6.92 Å². The lowest BCUT2D eigenvalue weighted by Gasteiger charge is -2.18. The summed E-state index contributed by atoms with van der Waals surface area (Å²) in [5.74, 6) is -0.0271. The maximum absolute atomic E-state index is 12.2. The highest BCUT2D eigenvalue weighted by Crippen LogP contribution is 2.30. The smallest absolute Gasteiger partial charge is 0.231 e. The van der Waals surface area contributed by atoms with E-state index in [0.29, 0.717) is 28.3 Å². The van der Waals surface area contributed by atoms with Crippen molar-refractivity contribution in [2.24, 2.45) is 5.92 Å². The number of nitrogens with zero attached hydrogens (tertiary/aromatic N) is 1. The normalized spacial score (nSPS) is 22.3. The van der Waals surface area contributed by atoms with Crippen LogP contribution in [0.1, 0.15) is 13.3 Å². The van der Waals surface area contributed by atoms with E-state index in [9.17, 15) is 4.79 Å². The van der Waals surface area contributed by atoms with Crippen LogP contribution >= 0.6 is 27.5 Å². The number of halogens is 2. The van der Waals surface area contributed by atoms with Gasteiger partial charge in [0.15, 0.2) is 5.82 Å². The minimum Gasteiger partial charge on any atom is -0.373 e. The van der Waals surface area contributed by atoms with Gasteiger partial charge in [0.1, 0.15) is 0 Å². The summed E-state index contributed by atoms with van der Waals surface area (Å²) >= 11 is 9.36. The largest absolute Gasteiger partial charge is 0.373 e. The van der Waals surface area contributed by atoms with Crippen molar-refractivity contribution in [2.75, 3.05) is 11.9 Å².